The van der Waals surface area contributed by atoms with Crippen LogP contribution in [0.25, 0.3) is 0 Å². The van der Waals surface area contributed by atoms with Gasteiger partial charge in [0.25, 0.3) is 0 Å². The molecule has 0 bridgehead atoms. The summed E-state index contributed by atoms with van der Waals surface area (Å²) >= 11 is 0. The molecule has 0 saturated carbocycles. The molecule has 0 spiro atoms. The molecule has 106 valence electrons. The van der Waals surface area contributed by atoms with E-state index in [1.54, 1.807) is 0 Å². The van der Waals surface area contributed by atoms with Crippen LogP contribution in [0.2, 0.25) is 0 Å². The van der Waals surface area contributed by atoms with E-state index in [1.165, 1.54) is 27.8 Å². The first-order valence-electron chi connectivity index (χ1n) is 7.40. The zero-order valence-corrected chi connectivity index (χ0v) is 13.0. The molecule has 2 aromatic carbocycles. The lowest BCUT2D eigenvalue weighted by Crippen LogP contribution is -2.13. The van der Waals surface area contributed by atoms with Crippen LogP contribution in [-0.2, 0) is 0 Å². The van der Waals surface area contributed by atoms with Crippen molar-refractivity contribution in [2.45, 2.75) is 39.5 Å². The molecule has 0 fully saturated rings. The molecule has 1 heteroatoms. The van der Waals surface area contributed by atoms with Gasteiger partial charge in [0.1, 0.15) is 0 Å². The monoisotopic (exact) mass is 267 g/mol. The highest BCUT2D eigenvalue weighted by atomic mass is 14.5. The molecule has 0 aliphatic heterocycles. The molecule has 0 aromatic heterocycles. The van der Waals surface area contributed by atoms with E-state index in [4.69, 9.17) is 5.73 Å². The van der Waals surface area contributed by atoms with Gasteiger partial charge in [-0.2, -0.15) is 0 Å². The molecule has 2 atom stereocenters. The van der Waals surface area contributed by atoms with Gasteiger partial charge >= 0.3 is 0 Å². The topological polar surface area (TPSA) is 26.0 Å². The van der Waals surface area contributed by atoms with Crippen molar-refractivity contribution in [3.63, 3.8) is 0 Å². The van der Waals surface area contributed by atoms with Gasteiger partial charge in [0.2, 0.25) is 0 Å². The van der Waals surface area contributed by atoms with Crippen molar-refractivity contribution >= 4 is 0 Å². The summed E-state index contributed by atoms with van der Waals surface area (Å²) in [7, 11) is 0. The molecule has 0 saturated heterocycles. The van der Waals surface area contributed by atoms with Crippen LogP contribution in [0.4, 0.5) is 0 Å². The first-order chi connectivity index (χ1) is 9.54. The fourth-order valence-corrected chi connectivity index (χ4v) is 2.71. The van der Waals surface area contributed by atoms with Crippen LogP contribution in [0, 0.1) is 13.8 Å². The quantitative estimate of drug-likeness (QED) is 0.866. The number of nitrogens with two attached hydrogens (primary N) is 1. The van der Waals surface area contributed by atoms with Gasteiger partial charge < -0.3 is 5.73 Å². The van der Waals surface area contributed by atoms with Crippen LogP contribution in [0.3, 0.4) is 0 Å². The first-order valence-corrected chi connectivity index (χ1v) is 7.40. The largest absolute Gasteiger partial charge is 0.330 e. The zero-order chi connectivity index (χ0) is 14.7. The number of hydrogen-bond acceptors (Lipinski definition) is 1. The lowest BCUT2D eigenvalue weighted by molar-refractivity contribution is 0.746. The summed E-state index contributed by atoms with van der Waals surface area (Å²) in [6.07, 6.45) is 0. The molecule has 2 rings (SSSR count). The Morgan fingerprint density at radius 2 is 1.45 bits per heavy atom. The van der Waals surface area contributed by atoms with Crippen LogP contribution in [-0.4, -0.2) is 6.54 Å². The van der Waals surface area contributed by atoms with Gasteiger partial charge in [-0.05, 0) is 54.1 Å². The summed E-state index contributed by atoms with van der Waals surface area (Å²) in [5, 5.41) is 0. The van der Waals surface area contributed by atoms with E-state index in [-0.39, 0.29) is 0 Å². The Morgan fingerprint density at radius 3 is 2.00 bits per heavy atom. The summed E-state index contributed by atoms with van der Waals surface area (Å²) < 4.78 is 0. The summed E-state index contributed by atoms with van der Waals surface area (Å²) in [5.41, 5.74) is 12.8. The average molecular weight is 267 g/mol. The van der Waals surface area contributed by atoms with E-state index in [2.05, 4.69) is 70.2 Å². The second-order valence-corrected chi connectivity index (χ2v) is 5.83. The fourth-order valence-electron chi connectivity index (χ4n) is 2.71. The van der Waals surface area contributed by atoms with E-state index in [0.29, 0.717) is 18.4 Å². The highest BCUT2D eigenvalue weighted by molar-refractivity contribution is 5.44. The molecule has 0 amide bonds. The molecule has 20 heavy (non-hydrogen) atoms. The maximum atomic E-state index is 5.90. The standard InChI is InChI=1S/C19H25N/c1-13-10-18(15(3)12-20)19(11-14(13)2)16(4)17-8-6-5-7-9-17/h5-11,15-16H,12,20H2,1-4H3. The van der Waals surface area contributed by atoms with E-state index in [0.717, 1.165) is 0 Å². The number of benzene rings is 2. The Bertz CT molecular complexity index is 572. The van der Waals surface area contributed by atoms with Crippen molar-refractivity contribution in [1.82, 2.24) is 0 Å². The molecular formula is C19H25N. The second-order valence-electron chi connectivity index (χ2n) is 5.83. The molecule has 2 N–H and O–H groups in total. The summed E-state index contributed by atoms with van der Waals surface area (Å²) in [6, 6.07) is 15.4. The maximum absolute atomic E-state index is 5.90. The molecule has 0 aliphatic rings. The van der Waals surface area contributed by atoms with Crippen molar-refractivity contribution in [3.8, 4) is 0 Å². The molecule has 0 aliphatic carbocycles. The second kappa shape index (κ2) is 6.23. The van der Waals surface area contributed by atoms with E-state index < -0.39 is 0 Å². The van der Waals surface area contributed by atoms with Crippen molar-refractivity contribution in [3.05, 3.63) is 70.3 Å². The van der Waals surface area contributed by atoms with Crippen LogP contribution in [0.5, 0.6) is 0 Å². The summed E-state index contributed by atoms with van der Waals surface area (Å²) in [6.45, 7) is 9.56. The normalized spacial score (nSPS) is 14.1. The lowest BCUT2D eigenvalue weighted by atomic mass is 9.83. The molecule has 2 unspecified atom stereocenters. The van der Waals surface area contributed by atoms with Crippen LogP contribution >= 0.6 is 0 Å². The van der Waals surface area contributed by atoms with Gasteiger partial charge in [-0.1, -0.05) is 56.3 Å². The fraction of sp³-hybridized carbons (Fsp3) is 0.368. The Morgan fingerprint density at radius 1 is 0.900 bits per heavy atom. The van der Waals surface area contributed by atoms with Crippen molar-refractivity contribution in [1.29, 1.82) is 0 Å². The van der Waals surface area contributed by atoms with Crippen molar-refractivity contribution < 1.29 is 0 Å². The van der Waals surface area contributed by atoms with Crippen LogP contribution in [0.15, 0.2) is 42.5 Å². The average Bonchev–Trinajstić information content (AvgIpc) is 2.49. The minimum absolute atomic E-state index is 0.399. The first kappa shape index (κ1) is 14.8. The Balaban J connectivity index is 2.52. The van der Waals surface area contributed by atoms with Crippen molar-refractivity contribution in [2.24, 2.45) is 5.73 Å². The Labute approximate surface area is 122 Å². The molecular weight excluding hydrogens is 242 g/mol. The number of hydrogen-bond donors (Lipinski definition) is 1. The van der Waals surface area contributed by atoms with Crippen LogP contribution < -0.4 is 5.73 Å². The third kappa shape index (κ3) is 2.94. The van der Waals surface area contributed by atoms with Gasteiger partial charge in [0.15, 0.2) is 0 Å². The van der Waals surface area contributed by atoms with Gasteiger partial charge in [-0.3, -0.25) is 0 Å². The predicted molar refractivity (Wildman–Crippen MR) is 87.3 cm³/mol. The van der Waals surface area contributed by atoms with Gasteiger partial charge in [0.05, 0.1) is 0 Å². The number of aryl methyl sites for hydroxylation is 2. The summed E-state index contributed by atoms with van der Waals surface area (Å²) in [5.74, 6) is 0.801. The van der Waals surface area contributed by atoms with E-state index >= 15 is 0 Å². The summed E-state index contributed by atoms with van der Waals surface area (Å²) in [4.78, 5) is 0. The highest BCUT2D eigenvalue weighted by Gasteiger charge is 2.17. The third-order valence-corrected chi connectivity index (χ3v) is 4.35. The molecule has 0 heterocycles. The molecule has 0 radical (unpaired) electrons. The van der Waals surface area contributed by atoms with Crippen LogP contribution in [0.1, 0.15) is 53.5 Å². The highest BCUT2D eigenvalue weighted by Crippen LogP contribution is 2.32. The minimum atomic E-state index is 0.399. The molecule has 1 nitrogen and oxygen atoms in total. The van der Waals surface area contributed by atoms with Gasteiger partial charge in [-0.25, -0.2) is 0 Å². The lowest BCUT2D eigenvalue weighted by Gasteiger charge is -2.22. The maximum Gasteiger partial charge on any atom is 0.00639 e. The number of rotatable bonds is 4. The van der Waals surface area contributed by atoms with Gasteiger partial charge in [-0.15, -0.1) is 0 Å². The molecule has 2 aromatic rings. The smallest absolute Gasteiger partial charge is 0.00639 e. The zero-order valence-electron chi connectivity index (χ0n) is 13.0. The Hall–Kier alpha value is -1.60. The van der Waals surface area contributed by atoms with E-state index in [1.807, 2.05) is 0 Å². The Kier molecular flexibility index (Phi) is 4.61. The van der Waals surface area contributed by atoms with E-state index in [9.17, 15) is 0 Å². The minimum Gasteiger partial charge on any atom is -0.330 e. The van der Waals surface area contributed by atoms with Crippen molar-refractivity contribution in [2.75, 3.05) is 6.54 Å². The predicted octanol–water partition coefficient (Wildman–Crippen LogP) is 4.52. The SMILES string of the molecule is Cc1cc(C(C)CN)c(C(C)c2ccccc2)cc1C. The van der Waals surface area contributed by atoms with Gasteiger partial charge in [0, 0.05) is 5.92 Å². The third-order valence-electron chi connectivity index (χ3n) is 4.35.